The Labute approximate surface area is 222 Å². The number of amides is 1. The van der Waals surface area contributed by atoms with Crippen LogP contribution in [0, 0.1) is 0 Å². The minimum absolute atomic E-state index is 0.108. The summed E-state index contributed by atoms with van der Waals surface area (Å²) in [4.78, 5) is 23.1. The molecule has 1 amide bonds. The van der Waals surface area contributed by atoms with E-state index in [4.69, 9.17) is 4.98 Å². The van der Waals surface area contributed by atoms with Gasteiger partial charge in [-0.05, 0) is 36.1 Å². The molecule has 6 rings (SSSR count). The van der Waals surface area contributed by atoms with Crippen LogP contribution in [-0.4, -0.2) is 56.6 Å². The van der Waals surface area contributed by atoms with Gasteiger partial charge in [-0.25, -0.2) is 9.38 Å². The van der Waals surface area contributed by atoms with Gasteiger partial charge in [0.05, 0.1) is 11.4 Å². The molecule has 0 bridgehead atoms. The largest absolute Gasteiger partial charge is 0.340 e. The molecule has 0 aliphatic carbocycles. The van der Waals surface area contributed by atoms with Crippen molar-refractivity contribution in [1.82, 2.24) is 24.5 Å². The van der Waals surface area contributed by atoms with Crippen LogP contribution in [0.5, 0.6) is 0 Å². The smallest absolute Gasteiger partial charge is 0.230 e. The average Bonchev–Trinajstić information content (AvgIpc) is 3.22. The lowest BCUT2D eigenvalue weighted by Gasteiger charge is -2.27. The van der Waals surface area contributed by atoms with E-state index in [9.17, 15) is 4.79 Å². The van der Waals surface area contributed by atoms with E-state index in [0.29, 0.717) is 19.5 Å². The molecule has 1 aliphatic rings. The number of hydrogen-bond donors (Lipinski definition) is 0. The predicted molar refractivity (Wildman–Crippen MR) is 150 cm³/mol. The lowest BCUT2D eigenvalue weighted by Crippen LogP contribution is -2.38. The van der Waals surface area contributed by atoms with Crippen molar-refractivity contribution in [1.29, 1.82) is 0 Å². The molecular formula is C31H32N6O. The molecule has 3 aromatic carbocycles. The predicted octanol–water partition coefficient (Wildman–Crippen LogP) is 5.10. The SMILES string of the molecule is CC[C@@H](C(=O)N1CCCN(c2nc3ccccc3c3nnc(Cc4ccccc4)n23)CC1)c1ccccc1. The van der Waals surface area contributed by atoms with Gasteiger partial charge in [0.15, 0.2) is 5.65 Å². The molecule has 192 valence electrons. The summed E-state index contributed by atoms with van der Waals surface area (Å²) in [5.41, 5.74) is 4.00. The van der Waals surface area contributed by atoms with Gasteiger partial charge in [-0.15, -0.1) is 10.2 Å². The quantitative estimate of drug-likeness (QED) is 0.322. The molecule has 7 heteroatoms. The first-order valence-corrected chi connectivity index (χ1v) is 13.5. The molecule has 0 radical (unpaired) electrons. The third kappa shape index (κ3) is 4.60. The Morgan fingerprint density at radius 1 is 0.842 bits per heavy atom. The lowest BCUT2D eigenvalue weighted by atomic mass is 9.95. The third-order valence-corrected chi connectivity index (χ3v) is 7.50. The van der Waals surface area contributed by atoms with Gasteiger partial charge in [0.1, 0.15) is 5.82 Å². The first kappa shape index (κ1) is 24.1. The molecule has 0 spiro atoms. The van der Waals surface area contributed by atoms with E-state index in [-0.39, 0.29) is 11.8 Å². The van der Waals surface area contributed by atoms with Crippen LogP contribution in [-0.2, 0) is 11.2 Å². The summed E-state index contributed by atoms with van der Waals surface area (Å²) in [5.74, 6) is 1.82. The molecule has 0 saturated carbocycles. The summed E-state index contributed by atoms with van der Waals surface area (Å²) in [6.07, 6.45) is 2.34. The number of carbonyl (C=O) groups is 1. The maximum absolute atomic E-state index is 13.6. The van der Waals surface area contributed by atoms with E-state index in [1.54, 1.807) is 0 Å². The normalized spacial score (nSPS) is 15.1. The summed E-state index contributed by atoms with van der Waals surface area (Å²) in [6, 6.07) is 28.6. The van der Waals surface area contributed by atoms with Crippen LogP contribution in [0.15, 0.2) is 84.9 Å². The molecule has 0 unspecified atom stereocenters. The van der Waals surface area contributed by atoms with Crippen LogP contribution in [0.4, 0.5) is 5.95 Å². The first-order chi connectivity index (χ1) is 18.7. The van der Waals surface area contributed by atoms with Crippen LogP contribution < -0.4 is 4.90 Å². The highest BCUT2D eigenvalue weighted by molar-refractivity contribution is 5.92. The number of carbonyl (C=O) groups excluding carboxylic acids is 1. The molecule has 2 aromatic heterocycles. The molecule has 7 nitrogen and oxygen atoms in total. The summed E-state index contributed by atoms with van der Waals surface area (Å²) in [5, 5.41) is 10.2. The molecule has 3 heterocycles. The van der Waals surface area contributed by atoms with Gasteiger partial charge in [0, 0.05) is 38.0 Å². The van der Waals surface area contributed by atoms with Gasteiger partial charge in [-0.3, -0.25) is 4.79 Å². The Hall–Kier alpha value is -4.26. The minimum Gasteiger partial charge on any atom is -0.340 e. The van der Waals surface area contributed by atoms with Crippen LogP contribution in [0.1, 0.15) is 42.6 Å². The van der Waals surface area contributed by atoms with E-state index < -0.39 is 0 Å². The Balaban J connectivity index is 1.33. The Bertz CT molecular complexity index is 1550. The highest BCUT2D eigenvalue weighted by atomic mass is 16.2. The number of para-hydroxylation sites is 1. The summed E-state index contributed by atoms with van der Waals surface area (Å²) >= 11 is 0. The molecule has 5 aromatic rings. The maximum atomic E-state index is 13.6. The fourth-order valence-corrected chi connectivity index (χ4v) is 5.52. The second-order valence-corrected chi connectivity index (χ2v) is 9.90. The van der Waals surface area contributed by atoms with E-state index in [1.165, 1.54) is 5.56 Å². The van der Waals surface area contributed by atoms with Crippen molar-refractivity contribution in [2.75, 3.05) is 31.1 Å². The summed E-state index contributed by atoms with van der Waals surface area (Å²) in [7, 11) is 0. The molecule has 1 aliphatic heterocycles. The highest BCUT2D eigenvalue weighted by Gasteiger charge is 2.28. The van der Waals surface area contributed by atoms with Crippen LogP contribution in [0.3, 0.4) is 0 Å². The zero-order chi connectivity index (χ0) is 25.9. The van der Waals surface area contributed by atoms with Crippen LogP contribution in [0.25, 0.3) is 16.6 Å². The molecular weight excluding hydrogens is 472 g/mol. The van der Waals surface area contributed by atoms with Gasteiger partial charge >= 0.3 is 0 Å². The number of aromatic nitrogens is 4. The lowest BCUT2D eigenvalue weighted by molar-refractivity contribution is -0.132. The van der Waals surface area contributed by atoms with Crippen LogP contribution in [0.2, 0.25) is 0 Å². The average molecular weight is 505 g/mol. The highest BCUT2D eigenvalue weighted by Crippen LogP contribution is 2.27. The van der Waals surface area contributed by atoms with E-state index in [1.807, 2.05) is 59.5 Å². The minimum atomic E-state index is -0.108. The van der Waals surface area contributed by atoms with Crippen molar-refractivity contribution >= 4 is 28.4 Å². The second-order valence-electron chi connectivity index (χ2n) is 9.90. The number of rotatable bonds is 6. The van der Waals surface area contributed by atoms with E-state index >= 15 is 0 Å². The number of hydrogen-bond acceptors (Lipinski definition) is 5. The summed E-state index contributed by atoms with van der Waals surface area (Å²) < 4.78 is 2.12. The van der Waals surface area contributed by atoms with Gasteiger partial charge in [-0.1, -0.05) is 79.7 Å². The number of benzene rings is 3. The zero-order valence-electron chi connectivity index (χ0n) is 21.7. The standard InChI is InChI=1S/C31H32N6O/c1-2-25(24-14-7-4-8-15-24)30(38)35-18-11-19-36(21-20-35)31-32-27-17-10-9-16-26(27)29-34-33-28(37(29)31)22-23-12-5-3-6-13-23/h3-10,12-17,25H,2,11,18-22H2,1H3/t25-/m1/s1. The topological polar surface area (TPSA) is 66.6 Å². The maximum Gasteiger partial charge on any atom is 0.230 e. The van der Waals surface area contributed by atoms with Gasteiger partial charge < -0.3 is 9.80 Å². The van der Waals surface area contributed by atoms with Gasteiger partial charge in [0.25, 0.3) is 0 Å². The summed E-state index contributed by atoms with van der Waals surface area (Å²) in [6.45, 7) is 5.02. The van der Waals surface area contributed by atoms with Crippen molar-refractivity contribution in [3.05, 3.63) is 102 Å². The zero-order valence-corrected chi connectivity index (χ0v) is 21.7. The van der Waals surface area contributed by atoms with E-state index in [2.05, 4.69) is 56.8 Å². The monoisotopic (exact) mass is 504 g/mol. The number of nitrogens with zero attached hydrogens (tertiary/aromatic N) is 6. The Morgan fingerprint density at radius 3 is 2.37 bits per heavy atom. The number of fused-ring (bicyclic) bond motifs is 3. The molecule has 1 saturated heterocycles. The van der Waals surface area contributed by atoms with Crippen molar-refractivity contribution in [3.63, 3.8) is 0 Å². The van der Waals surface area contributed by atoms with Gasteiger partial charge in [-0.2, -0.15) is 0 Å². The third-order valence-electron chi connectivity index (χ3n) is 7.50. The fourth-order valence-electron chi connectivity index (χ4n) is 5.52. The van der Waals surface area contributed by atoms with E-state index in [0.717, 1.165) is 59.8 Å². The molecule has 1 fully saturated rings. The van der Waals surface area contributed by atoms with Crippen molar-refractivity contribution in [3.8, 4) is 0 Å². The fraction of sp³-hybridized carbons (Fsp3) is 0.290. The van der Waals surface area contributed by atoms with Gasteiger partial charge in [0.2, 0.25) is 11.9 Å². The van der Waals surface area contributed by atoms with Crippen molar-refractivity contribution < 1.29 is 4.79 Å². The molecule has 38 heavy (non-hydrogen) atoms. The van der Waals surface area contributed by atoms with Crippen molar-refractivity contribution in [2.45, 2.75) is 32.1 Å². The molecule has 1 atom stereocenters. The number of anilines is 1. The van der Waals surface area contributed by atoms with Crippen molar-refractivity contribution in [2.24, 2.45) is 0 Å². The molecule has 0 N–H and O–H groups in total. The second kappa shape index (κ2) is 10.6. The Kier molecular flexibility index (Phi) is 6.73. The Morgan fingerprint density at radius 2 is 1.58 bits per heavy atom. The first-order valence-electron chi connectivity index (χ1n) is 13.5. The van der Waals surface area contributed by atoms with Crippen LogP contribution >= 0.6 is 0 Å².